The monoisotopic (exact) mass is 221 g/mol. The molecule has 1 aromatic heterocycles. The molecule has 0 saturated heterocycles. The van der Waals surface area contributed by atoms with E-state index in [0.717, 1.165) is 6.42 Å². The molecule has 1 heterocycles. The van der Waals surface area contributed by atoms with E-state index in [2.05, 4.69) is 4.98 Å². The van der Waals surface area contributed by atoms with Crippen LogP contribution < -0.4 is 5.56 Å². The third-order valence-electron chi connectivity index (χ3n) is 2.42. The smallest absolute Gasteiger partial charge is 0.331 e. The van der Waals surface area contributed by atoms with E-state index in [4.69, 9.17) is 5.11 Å². The number of carboxylic acid groups (broad SMARTS) is 1. The van der Waals surface area contributed by atoms with E-state index in [9.17, 15) is 9.59 Å². The Morgan fingerprint density at radius 3 is 2.69 bits per heavy atom. The lowest BCUT2D eigenvalue weighted by Gasteiger charge is -2.07. The Hall–Kier alpha value is -1.84. The zero-order valence-electron chi connectivity index (χ0n) is 9.41. The minimum atomic E-state index is -0.980. The van der Waals surface area contributed by atoms with Gasteiger partial charge in [-0.25, -0.2) is 4.79 Å². The van der Waals surface area contributed by atoms with Crippen LogP contribution in [0, 0.1) is 0 Å². The molecule has 0 bridgehead atoms. The summed E-state index contributed by atoms with van der Waals surface area (Å²) >= 11 is 0. The molecule has 0 aliphatic carbocycles. The largest absolute Gasteiger partial charge is 0.478 e. The molecule has 86 valence electrons. The van der Waals surface area contributed by atoms with Gasteiger partial charge in [0.25, 0.3) is 5.56 Å². The van der Waals surface area contributed by atoms with E-state index >= 15 is 0 Å². The Balaban J connectivity index is 3.34. The molecule has 0 spiro atoms. The minimum absolute atomic E-state index is 0.235. The van der Waals surface area contributed by atoms with Crippen LogP contribution in [0.2, 0.25) is 0 Å². The van der Waals surface area contributed by atoms with Gasteiger partial charge in [-0.15, -0.1) is 0 Å². The molecule has 4 heteroatoms. The number of nitrogens with one attached hydrogen (secondary N) is 1. The van der Waals surface area contributed by atoms with Gasteiger partial charge in [0, 0.05) is 17.3 Å². The van der Waals surface area contributed by atoms with Crippen LogP contribution in [0.1, 0.15) is 32.3 Å². The fourth-order valence-electron chi connectivity index (χ4n) is 1.56. The first-order valence-corrected chi connectivity index (χ1v) is 5.19. The van der Waals surface area contributed by atoms with E-state index in [0.29, 0.717) is 17.6 Å². The van der Waals surface area contributed by atoms with Crippen LogP contribution in [-0.2, 0) is 4.79 Å². The van der Waals surface area contributed by atoms with E-state index < -0.39 is 5.97 Å². The molecule has 0 aliphatic heterocycles. The molecular formula is C12H15NO3. The highest BCUT2D eigenvalue weighted by molar-refractivity contribution is 5.95. The van der Waals surface area contributed by atoms with Crippen LogP contribution in [0.25, 0.3) is 5.57 Å². The quantitative estimate of drug-likeness (QED) is 0.764. The highest BCUT2D eigenvalue weighted by atomic mass is 16.4. The van der Waals surface area contributed by atoms with Gasteiger partial charge in [-0.3, -0.25) is 4.79 Å². The van der Waals surface area contributed by atoms with Crippen molar-refractivity contribution in [2.24, 2.45) is 0 Å². The van der Waals surface area contributed by atoms with Gasteiger partial charge in [-0.2, -0.15) is 0 Å². The molecule has 0 fully saturated rings. The number of rotatable bonds is 4. The second kappa shape index (κ2) is 5.30. The van der Waals surface area contributed by atoms with Crippen molar-refractivity contribution in [1.82, 2.24) is 4.98 Å². The number of aromatic nitrogens is 1. The van der Waals surface area contributed by atoms with E-state index in [1.165, 1.54) is 13.1 Å². The highest BCUT2D eigenvalue weighted by Crippen LogP contribution is 2.20. The van der Waals surface area contributed by atoms with Crippen molar-refractivity contribution >= 4 is 11.5 Å². The number of H-pyrrole nitrogens is 1. The molecule has 4 nitrogen and oxygen atoms in total. The van der Waals surface area contributed by atoms with Crippen molar-refractivity contribution < 1.29 is 9.90 Å². The maximum atomic E-state index is 11.6. The Bertz CT molecular complexity index is 471. The lowest BCUT2D eigenvalue weighted by Crippen LogP contribution is -2.13. The molecule has 0 aromatic carbocycles. The summed E-state index contributed by atoms with van der Waals surface area (Å²) in [6, 6.07) is 3.35. The molecule has 0 unspecified atom stereocenters. The molecule has 16 heavy (non-hydrogen) atoms. The SMILES string of the molecule is CCCC(=C(C)C(=O)O)c1ccc[nH]c1=O. The van der Waals surface area contributed by atoms with Crippen molar-refractivity contribution in [2.45, 2.75) is 26.7 Å². The normalized spacial score (nSPS) is 12.1. The van der Waals surface area contributed by atoms with Gasteiger partial charge in [0.2, 0.25) is 0 Å². The van der Waals surface area contributed by atoms with Crippen LogP contribution in [0.3, 0.4) is 0 Å². The molecule has 2 N–H and O–H groups in total. The van der Waals surface area contributed by atoms with E-state index in [-0.39, 0.29) is 11.1 Å². The second-order valence-corrected chi connectivity index (χ2v) is 3.57. The first-order valence-electron chi connectivity index (χ1n) is 5.19. The number of hydrogen-bond donors (Lipinski definition) is 2. The molecule has 0 amide bonds. The van der Waals surface area contributed by atoms with E-state index in [1.54, 1.807) is 12.1 Å². The predicted octanol–water partition coefficient (Wildman–Crippen LogP) is 2.03. The first kappa shape index (κ1) is 12.2. The Morgan fingerprint density at radius 1 is 1.50 bits per heavy atom. The molecule has 0 aliphatic rings. The van der Waals surface area contributed by atoms with Crippen molar-refractivity contribution in [1.29, 1.82) is 0 Å². The summed E-state index contributed by atoms with van der Waals surface area (Å²) < 4.78 is 0. The lowest BCUT2D eigenvalue weighted by atomic mass is 9.98. The van der Waals surface area contributed by atoms with Crippen LogP contribution in [0.5, 0.6) is 0 Å². The Labute approximate surface area is 93.6 Å². The third-order valence-corrected chi connectivity index (χ3v) is 2.42. The zero-order valence-corrected chi connectivity index (χ0v) is 9.41. The molecule has 0 radical (unpaired) electrons. The molecular weight excluding hydrogens is 206 g/mol. The maximum absolute atomic E-state index is 11.6. The van der Waals surface area contributed by atoms with Crippen molar-refractivity contribution in [3.8, 4) is 0 Å². The van der Waals surface area contributed by atoms with E-state index in [1.807, 2.05) is 6.92 Å². The summed E-state index contributed by atoms with van der Waals surface area (Å²) in [7, 11) is 0. The fraction of sp³-hybridized carbons (Fsp3) is 0.333. The number of aromatic amines is 1. The summed E-state index contributed by atoms with van der Waals surface area (Å²) in [5.74, 6) is -0.980. The number of aliphatic carboxylic acids is 1. The average Bonchev–Trinajstić information content (AvgIpc) is 2.26. The van der Waals surface area contributed by atoms with Crippen molar-refractivity contribution in [3.05, 3.63) is 39.8 Å². The summed E-state index contributed by atoms with van der Waals surface area (Å²) in [6.45, 7) is 3.48. The zero-order chi connectivity index (χ0) is 12.1. The summed E-state index contributed by atoms with van der Waals surface area (Å²) in [5, 5.41) is 8.96. The molecule has 0 atom stereocenters. The number of hydrogen-bond acceptors (Lipinski definition) is 2. The van der Waals surface area contributed by atoms with Gasteiger partial charge in [0.1, 0.15) is 0 Å². The average molecular weight is 221 g/mol. The number of carboxylic acids is 1. The topological polar surface area (TPSA) is 70.2 Å². The Morgan fingerprint density at radius 2 is 2.19 bits per heavy atom. The van der Waals surface area contributed by atoms with Gasteiger partial charge < -0.3 is 10.1 Å². The lowest BCUT2D eigenvalue weighted by molar-refractivity contribution is -0.132. The summed E-state index contributed by atoms with van der Waals surface area (Å²) in [5.41, 5.74) is 1.05. The van der Waals surface area contributed by atoms with Crippen LogP contribution in [-0.4, -0.2) is 16.1 Å². The minimum Gasteiger partial charge on any atom is -0.478 e. The van der Waals surface area contributed by atoms with Crippen LogP contribution in [0.4, 0.5) is 0 Å². The third kappa shape index (κ3) is 2.59. The summed E-state index contributed by atoms with van der Waals surface area (Å²) in [4.78, 5) is 25.1. The van der Waals surface area contributed by atoms with Gasteiger partial charge in [0.05, 0.1) is 0 Å². The number of pyridine rings is 1. The standard InChI is InChI=1S/C12H15NO3/c1-3-5-9(8(2)12(15)16)10-6-4-7-13-11(10)14/h4,6-7H,3,5H2,1-2H3,(H,13,14)(H,15,16). The Kier molecular flexibility index (Phi) is 4.05. The van der Waals surface area contributed by atoms with Crippen LogP contribution in [0.15, 0.2) is 28.7 Å². The van der Waals surface area contributed by atoms with Gasteiger partial charge >= 0.3 is 5.97 Å². The highest BCUT2D eigenvalue weighted by Gasteiger charge is 2.13. The predicted molar refractivity (Wildman–Crippen MR) is 62.2 cm³/mol. The fourth-order valence-corrected chi connectivity index (χ4v) is 1.56. The van der Waals surface area contributed by atoms with Crippen molar-refractivity contribution in [2.75, 3.05) is 0 Å². The maximum Gasteiger partial charge on any atom is 0.331 e. The van der Waals surface area contributed by atoms with Crippen molar-refractivity contribution in [3.63, 3.8) is 0 Å². The molecule has 1 rings (SSSR count). The summed E-state index contributed by atoms with van der Waals surface area (Å²) in [6.07, 6.45) is 2.92. The number of carbonyl (C=O) groups is 1. The molecule has 0 saturated carbocycles. The first-order chi connectivity index (χ1) is 7.57. The van der Waals surface area contributed by atoms with Gasteiger partial charge in [-0.05, 0) is 31.1 Å². The van der Waals surface area contributed by atoms with Gasteiger partial charge in [-0.1, -0.05) is 13.3 Å². The second-order valence-electron chi connectivity index (χ2n) is 3.57. The van der Waals surface area contributed by atoms with Gasteiger partial charge in [0.15, 0.2) is 0 Å². The number of allylic oxidation sites excluding steroid dienone is 1. The molecule has 1 aromatic rings. The van der Waals surface area contributed by atoms with Crippen LogP contribution >= 0.6 is 0 Å².